The molecule has 0 fully saturated rings. The fourth-order valence-corrected chi connectivity index (χ4v) is 2.67. The summed E-state index contributed by atoms with van der Waals surface area (Å²) in [5, 5.41) is 9.10. The van der Waals surface area contributed by atoms with Crippen molar-refractivity contribution in [2.45, 2.75) is 6.92 Å². The van der Waals surface area contributed by atoms with Crippen molar-refractivity contribution in [2.75, 3.05) is 11.9 Å². The quantitative estimate of drug-likeness (QED) is 0.752. The molecular weight excluding hydrogens is 262 g/mol. The number of likely N-dealkylation sites (N-methyl/N-ethyl adjacent to an activating group) is 1. The number of carbonyl (C=O) groups is 1. The van der Waals surface area contributed by atoms with E-state index in [-0.39, 0.29) is 5.91 Å². The lowest BCUT2D eigenvalue weighted by Gasteiger charge is -2.07. The van der Waals surface area contributed by atoms with Crippen LogP contribution in [0.15, 0.2) is 30.3 Å². The zero-order valence-electron chi connectivity index (χ0n) is 12.2. The fraction of sp³-hybridized carbons (Fsp3) is 0.176. The Bertz CT molecular complexity index is 821. The number of benzene rings is 1. The Balaban J connectivity index is 2.17. The van der Waals surface area contributed by atoms with Crippen molar-refractivity contribution in [1.29, 1.82) is 5.26 Å². The summed E-state index contributed by atoms with van der Waals surface area (Å²) < 4.78 is 1.83. The van der Waals surface area contributed by atoms with Crippen LogP contribution < -0.4 is 4.90 Å². The molecule has 0 unspecified atom stereocenters. The van der Waals surface area contributed by atoms with E-state index in [1.54, 1.807) is 11.9 Å². The van der Waals surface area contributed by atoms with Gasteiger partial charge in [-0.2, -0.15) is 5.26 Å². The van der Waals surface area contributed by atoms with Crippen molar-refractivity contribution in [1.82, 2.24) is 4.57 Å². The zero-order chi connectivity index (χ0) is 15.1. The Morgan fingerprint density at radius 1 is 1.24 bits per heavy atom. The van der Waals surface area contributed by atoms with E-state index in [1.807, 2.05) is 54.9 Å². The molecule has 2 aromatic rings. The lowest BCUT2D eigenvalue weighted by atomic mass is 10.0. The maximum absolute atomic E-state index is 12.4. The third kappa shape index (κ3) is 1.86. The van der Waals surface area contributed by atoms with Crippen LogP contribution in [0, 0.1) is 18.3 Å². The van der Waals surface area contributed by atoms with Crippen LogP contribution in [-0.2, 0) is 11.8 Å². The molecule has 0 aliphatic carbocycles. The smallest absolute Gasteiger partial charge is 0.258 e. The van der Waals surface area contributed by atoms with Gasteiger partial charge in [0.15, 0.2) is 0 Å². The summed E-state index contributed by atoms with van der Waals surface area (Å²) in [7, 11) is 3.63. The number of nitriles is 1. The second-order valence-corrected chi connectivity index (χ2v) is 5.18. The first-order chi connectivity index (χ1) is 10.0. The van der Waals surface area contributed by atoms with Gasteiger partial charge in [-0.25, -0.2) is 0 Å². The monoisotopic (exact) mass is 277 g/mol. The number of amides is 1. The molecule has 21 heavy (non-hydrogen) atoms. The molecule has 1 aliphatic heterocycles. The van der Waals surface area contributed by atoms with E-state index >= 15 is 0 Å². The molecule has 0 spiro atoms. The minimum Gasteiger partial charge on any atom is -0.339 e. The van der Waals surface area contributed by atoms with E-state index in [0.29, 0.717) is 11.3 Å². The topological polar surface area (TPSA) is 49.0 Å². The average molecular weight is 277 g/mol. The first kappa shape index (κ1) is 13.2. The van der Waals surface area contributed by atoms with Gasteiger partial charge in [-0.15, -0.1) is 0 Å². The van der Waals surface area contributed by atoms with Crippen molar-refractivity contribution in [2.24, 2.45) is 7.05 Å². The van der Waals surface area contributed by atoms with Crippen molar-refractivity contribution in [3.05, 3.63) is 52.8 Å². The van der Waals surface area contributed by atoms with Crippen molar-refractivity contribution in [3.8, 4) is 6.07 Å². The Morgan fingerprint density at radius 3 is 2.62 bits per heavy atom. The molecule has 1 amide bonds. The van der Waals surface area contributed by atoms with E-state index in [9.17, 15) is 4.79 Å². The third-order valence-corrected chi connectivity index (χ3v) is 4.08. The van der Waals surface area contributed by atoms with Crippen LogP contribution in [-0.4, -0.2) is 17.5 Å². The van der Waals surface area contributed by atoms with Crippen LogP contribution in [0.5, 0.6) is 0 Å². The van der Waals surface area contributed by atoms with Gasteiger partial charge >= 0.3 is 0 Å². The van der Waals surface area contributed by atoms with Gasteiger partial charge < -0.3 is 9.47 Å². The number of carbonyl (C=O) groups excluding carboxylic acids is 1. The molecule has 0 radical (unpaired) electrons. The third-order valence-electron chi connectivity index (χ3n) is 4.08. The molecule has 0 bridgehead atoms. The molecule has 104 valence electrons. The lowest BCUT2D eigenvalue weighted by Crippen LogP contribution is -2.20. The highest BCUT2D eigenvalue weighted by atomic mass is 16.2. The van der Waals surface area contributed by atoms with Crippen LogP contribution in [0.25, 0.3) is 11.6 Å². The number of nitrogens with zero attached hydrogens (tertiary/aromatic N) is 3. The average Bonchev–Trinajstić information content (AvgIpc) is 2.91. The van der Waals surface area contributed by atoms with Crippen LogP contribution in [0.4, 0.5) is 5.69 Å². The second kappa shape index (κ2) is 4.64. The Morgan fingerprint density at radius 2 is 1.95 bits per heavy atom. The molecule has 0 atom stereocenters. The maximum Gasteiger partial charge on any atom is 0.258 e. The number of hydrogen-bond acceptors (Lipinski definition) is 2. The number of para-hydroxylation sites is 1. The Kier molecular flexibility index (Phi) is 2.91. The number of fused-ring (bicyclic) bond motifs is 1. The van der Waals surface area contributed by atoms with Crippen molar-refractivity contribution < 1.29 is 4.79 Å². The van der Waals surface area contributed by atoms with Crippen LogP contribution in [0.3, 0.4) is 0 Å². The zero-order valence-corrected chi connectivity index (χ0v) is 12.2. The predicted octanol–water partition coefficient (Wildman–Crippen LogP) is 2.72. The molecule has 0 saturated heterocycles. The minimum atomic E-state index is -0.0158. The fourth-order valence-electron chi connectivity index (χ4n) is 2.67. The molecule has 4 heteroatoms. The highest BCUT2D eigenvalue weighted by Crippen LogP contribution is 2.36. The van der Waals surface area contributed by atoms with Crippen molar-refractivity contribution >= 4 is 23.2 Å². The van der Waals surface area contributed by atoms with E-state index < -0.39 is 0 Å². The summed E-state index contributed by atoms with van der Waals surface area (Å²) in [6.45, 7) is 1.95. The predicted molar refractivity (Wildman–Crippen MR) is 82.6 cm³/mol. The second-order valence-electron chi connectivity index (χ2n) is 5.18. The van der Waals surface area contributed by atoms with E-state index in [0.717, 1.165) is 22.5 Å². The number of rotatable bonds is 1. The van der Waals surface area contributed by atoms with Crippen molar-refractivity contribution in [3.63, 3.8) is 0 Å². The molecule has 1 aromatic heterocycles. The van der Waals surface area contributed by atoms with Gasteiger partial charge in [-0.05, 0) is 30.7 Å². The normalized spacial score (nSPS) is 15.4. The first-order valence-electron chi connectivity index (χ1n) is 6.70. The SMILES string of the molecule is Cc1c(C=C2C(=O)N(C)c3ccccc32)cc(C#N)n1C. The standard InChI is InChI=1S/C17H15N3O/c1-11-12(8-13(10-18)19(11)2)9-15-14-6-4-5-7-16(14)20(3)17(15)21/h4-9H,1-3H3. The largest absolute Gasteiger partial charge is 0.339 e. The van der Waals surface area contributed by atoms with Gasteiger partial charge in [-0.1, -0.05) is 18.2 Å². The first-order valence-corrected chi connectivity index (χ1v) is 6.70. The number of anilines is 1. The molecule has 1 aromatic carbocycles. The summed E-state index contributed by atoms with van der Waals surface area (Å²) in [5.41, 5.74) is 4.99. The van der Waals surface area contributed by atoms with Crippen LogP contribution >= 0.6 is 0 Å². The molecule has 1 aliphatic rings. The molecular formula is C17H15N3O. The van der Waals surface area contributed by atoms with Gasteiger partial charge in [0.05, 0.1) is 5.69 Å². The number of hydrogen-bond donors (Lipinski definition) is 0. The molecule has 0 N–H and O–H groups in total. The lowest BCUT2D eigenvalue weighted by molar-refractivity contribution is -0.112. The summed E-state index contributed by atoms with van der Waals surface area (Å²) in [6.07, 6.45) is 1.88. The van der Waals surface area contributed by atoms with Gasteiger partial charge in [-0.3, -0.25) is 4.79 Å². The Labute approximate surface area is 123 Å². The molecule has 2 heterocycles. The van der Waals surface area contributed by atoms with E-state index in [2.05, 4.69) is 6.07 Å². The summed E-state index contributed by atoms with van der Waals surface area (Å²) in [4.78, 5) is 14.1. The molecule has 4 nitrogen and oxygen atoms in total. The molecule has 0 saturated carbocycles. The molecule has 3 rings (SSSR count). The highest BCUT2D eigenvalue weighted by molar-refractivity contribution is 6.35. The van der Waals surface area contributed by atoms with Crippen LogP contribution in [0.1, 0.15) is 22.5 Å². The minimum absolute atomic E-state index is 0.0158. The number of aromatic nitrogens is 1. The van der Waals surface area contributed by atoms with Gasteiger partial charge in [0, 0.05) is 30.9 Å². The summed E-state index contributed by atoms with van der Waals surface area (Å²) >= 11 is 0. The van der Waals surface area contributed by atoms with Gasteiger partial charge in [0.25, 0.3) is 5.91 Å². The summed E-state index contributed by atoms with van der Waals surface area (Å²) in [5.74, 6) is -0.0158. The summed E-state index contributed by atoms with van der Waals surface area (Å²) in [6, 6.07) is 11.7. The highest BCUT2D eigenvalue weighted by Gasteiger charge is 2.29. The Hall–Kier alpha value is -2.80. The van der Waals surface area contributed by atoms with Gasteiger partial charge in [0.1, 0.15) is 11.8 Å². The van der Waals surface area contributed by atoms with Gasteiger partial charge in [0.2, 0.25) is 0 Å². The maximum atomic E-state index is 12.4. The van der Waals surface area contributed by atoms with E-state index in [1.165, 1.54) is 0 Å². The van der Waals surface area contributed by atoms with E-state index in [4.69, 9.17) is 5.26 Å². The van der Waals surface area contributed by atoms with Crippen LogP contribution in [0.2, 0.25) is 0 Å².